The minimum atomic E-state index is 0.561. The van der Waals surface area contributed by atoms with E-state index in [1.807, 2.05) is 17.8 Å². The molecule has 0 amide bonds. The van der Waals surface area contributed by atoms with E-state index in [2.05, 4.69) is 25.6 Å². The van der Waals surface area contributed by atoms with Crippen LogP contribution in [-0.2, 0) is 18.3 Å². The predicted molar refractivity (Wildman–Crippen MR) is 87.9 cm³/mol. The Morgan fingerprint density at radius 1 is 1.50 bits per heavy atom. The second kappa shape index (κ2) is 8.75. The number of likely N-dealkylation sites (tertiary alicyclic amines) is 1. The van der Waals surface area contributed by atoms with Crippen LogP contribution in [0.4, 0.5) is 0 Å². The smallest absolute Gasteiger partial charge is 0.191 e. The summed E-state index contributed by atoms with van der Waals surface area (Å²) in [6.45, 7) is 4.59. The quantitative estimate of drug-likeness (QED) is 0.556. The molecule has 0 bridgehead atoms. The molecule has 22 heavy (non-hydrogen) atoms. The molecule has 7 nitrogen and oxygen atoms in total. The fourth-order valence-corrected chi connectivity index (χ4v) is 2.81. The fraction of sp³-hybridized carbons (Fsp3) is 0.733. The molecule has 1 aromatic heterocycles. The molecule has 2 rings (SSSR count). The van der Waals surface area contributed by atoms with Gasteiger partial charge in [-0.3, -0.25) is 14.6 Å². The van der Waals surface area contributed by atoms with E-state index in [-0.39, 0.29) is 0 Å². The van der Waals surface area contributed by atoms with Gasteiger partial charge in [0.05, 0.1) is 18.8 Å². The van der Waals surface area contributed by atoms with Crippen LogP contribution < -0.4 is 10.6 Å². The molecule has 0 aromatic carbocycles. The van der Waals surface area contributed by atoms with Crippen molar-refractivity contribution >= 4 is 5.96 Å². The number of aliphatic imine (C=N–C) groups is 1. The lowest BCUT2D eigenvalue weighted by atomic mass is 10.2. The van der Waals surface area contributed by atoms with Gasteiger partial charge in [0.2, 0.25) is 0 Å². The molecule has 1 atom stereocenters. The average Bonchev–Trinajstić information content (AvgIpc) is 3.14. The van der Waals surface area contributed by atoms with Gasteiger partial charge in [0.1, 0.15) is 0 Å². The van der Waals surface area contributed by atoms with E-state index in [0.29, 0.717) is 12.6 Å². The molecule has 1 aliphatic heterocycles. The fourth-order valence-electron chi connectivity index (χ4n) is 2.81. The molecule has 0 radical (unpaired) electrons. The molecule has 1 saturated heterocycles. The Morgan fingerprint density at radius 2 is 2.36 bits per heavy atom. The summed E-state index contributed by atoms with van der Waals surface area (Å²) in [5.41, 5.74) is 1.13. The van der Waals surface area contributed by atoms with Crippen molar-refractivity contribution in [3.8, 4) is 0 Å². The maximum Gasteiger partial charge on any atom is 0.191 e. The Kier molecular flexibility index (Phi) is 6.67. The Balaban J connectivity index is 1.75. The highest BCUT2D eigenvalue weighted by Crippen LogP contribution is 2.15. The average molecular weight is 308 g/mol. The number of aromatic nitrogens is 2. The summed E-state index contributed by atoms with van der Waals surface area (Å²) in [4.78, 5) is 6.78. The second-order valence-electron chi connectivity index (χ2n) is 5.58. The maximum atomic E-state index is 5.18. The first-order valence-corrected chi connectivity index (χ1v) is 7.89. The van der Waals surface area contributed by atoms with Crippen molar-refractivity contribution in [1.82, 2.24) is 25.3 Å². The van der Waals surface area contributed by atoms with E-state index in [4.69, 9.17) is 4.74 Å². The van der Waals surface area contributed by atoms with Crippen LogP contribution in [0.1, 0.15) is 18.5 Å². The van der Waals surface area contributed by atoms with Crippen LogP contribution in [0.15, 0.2) is 17.3 Å². The third-order valence-corrected chi connectivity index (χ3v) is 4.17. The third-order valence-electron chi connectivity index (χ3n) is 4.17. The number of ether oxygens (including phenoxy) is 1. The summed E-state index contributed by atoms with van der Waals surface area (Å²) < 4.78 is 7.05. The molecule has 124 valence electrons. The molecule has 2 heterocycles. The van der Waals surface area contributed by atoms with Crippen molar-refractivity contribution in [2.45, 2.75) is 25.4 Å². The normalized spacial score (nSPS) is 19.6. The summed E-state index contributed by atoms with van der Waals surface area (Å²) in [7, 11) is 5.50. The third kappa shape index (κ3) is 4.71. The summed E-state index contributed by atoms with van der Waals surface area (Å²) in [6, 6.07) is 2.56. The molecular formula is C15H28N6O. The van der Waals surface area contributed by atoms with Crippen molar-refractivity contribution in [3.63, 3.8) is 0 Å². The Labute approximate surface area is 132 Å². The van der Waals surface area contributed by atoms with Crippen LogP contribution in [0.5, 0.6) is 0 Å². The number of methoxy groups -OCH3 is 1. The highest BCUT2D eigenvalue weighted by molar-refractivity contribution is 5.79. The first-order valence-electron chi connectivity index (χ1n) is 7.89. The van der Waals surface area contributed by atoms with E-state index in [1.54, 1.807) is 20.4 Å². The lowest BCUT2D eigenvalue weighted by Gasteiger charge is -2.25. The van der Waals surface area contributed by atoms with Crippen molar-refractivity contribution in [1.29, 1.82) is 0 Å². The SMILES string of the molecule is CN=C(NCc1ccnn1C)NCC1CCCN1CCOC. The van der Waals surface area contributed by atoms with Crippen molar-refractivity contribution in [2.24, 2.45) is 12.0 Å². The zero-order valence-electron chi connectivity index (χ0n) is 13.9. The minimum Gasteiger partial charge on any atom is -0.383 e. The van der Waals surface area contributed by atoms with E-state index in [0.717, 1.165) is 37.9 Å². The highest BCUT2D eigenvalue weighted by Gasteiger charge is 2.23. The molecule has 2 N–H and O–H groups in total. The molecule has 0 aliphatic carbocycles. The standard InChI is InChI=1S/C15H28N6O/c1-16-15(17-11-13-6-7-19-20(13)2)18-12-14-5-4-8-21(14)9-10-22-3/h6-7,14H,4-5,8-12H2,1-3H3,(H2,16,17,18). The number of nitrogens with zero attached hydrogens (tertiary/aromatic N) is 4. The Hall–Kier alpha value is -1.60. The van der Waals surface area contributed by atoms with E-state index < -0.39 is 0 Å². The van der Waals surface area contributed by atoms with E-state index in [1.165, 1.54) is 12.8 Å². The monoisotopic (exact) mass is 308 g/mol. The molecule has 1 unspecified atom stereocenters. The Morgan fingerprint density at radius 3 is 3.05 bits per heavy atom. The number of rotatable bonds is 7. The largest absolute Gasteiger partial charge is 0.383 e. The topological polar surface area (TPSA) is 66.7 Å². The van der Waals surface area contributed by atoms with Gasteiger partial charge in [-0.25, -0.2) is 0 Å². The van der Waals surface area contributed by atoms with Gasteiger partial charge in [0, 0.05) is 46.5 Å². The van der Waals surface area contributed by atoms with Gasteiger partial charge in [-0.15, -0.1) is 0 Å². The number of nitrogens with one attached hydrogen (secondary N) is 2. The summed E-state index contributed by atoms with van der Waals surface area (Å²) in [5, 5.41) is 10.9. The van der Waals surface area contributed by atoms with Crippen molar-refractivity contribution in [3.05, 3.63) is 18.0 Å². The number of guanidine groups is 1. The highest BCUT2D eigenvalue weighted by atomic mass is 16.5. The molecule has 1 aromatic rings. The summed E-state index contributed by atoms with van der Waals surface area (Å²) >= 11 is 0. The first-order chi connectivity index (χ1) is 10.7. The maximum absolute atomic E-state index is 5.18. The van der Waals surface area contributed by atoms with Gasteiger partial charge in [-0.05, 0) is 25.5 Å². The van der Waals surface area contributed by atoms with Crippen LogP contribution >= 0.6 is 0 Å². The summed E-state index contributed by atoms with van der Waals surface area (Å²) in [6.07, 6.45) is 4.30. The van der Waals surface area contributed by atoms with Crippen LogP contribution in [-0.4, -0.2) is 67.1 Å². The molecule has 1 aliphatic rings. The van der Waals surface area contributed by atoms with Gasteiger partial charge >= 0.3 is 0 Å². The van der Waals surface area contributed by atoms with Crippen LogP contribution in [0.25, 0.3) is 0 Å². The van der Waals surface area contributed by atoms with Crippen LogP contribution in [0.2, 0.25) is 0 Å². The first kappa shape index (κ1) is 16.8. The minimum absolute atomic E-state index is 0.561. The molecule has 0 saturated carbocycles. The number of hydrogen-bond donors (Lipinski definition) is 2. The van der Waals surface area contributed by atoms with Gasteiger partial charge in [0.15, 0.2) is 5.96 Å². The van der Waals surface area contributed by atoms with Gasteiger partial charge in [-0.2, -0.15) is 5.10 Å². The lowest BCUT2D eigenvalue weighted by molar-refractivity contribution is 0.141. The second-order valence-corrected chi connectivity index (χ2v) is 5.58. The van der Waals surface area contributed by atoms with E-state index in [9.17, 15) is 0 Å². The van der Waals surface area contributed by atoms with Gasteiger partial charge in [0.25, 0.3) is 0 Å². The predicted octanol–water partition coefficient (Wildman–Crippen LogP) is 0.196. The Bertz CT molecular complexity index is 472. The number of hydrogen-bond acceptors (Lipinski definition) is 4. The molecule has 1 fully saturated rings. The van der Waals surface area contributed by atoms with Crippen molar-refractivity contribution < 1.29 is 4.74 Å². The van der Waals surface area contributed by atoms with Crippen LogP contribution in [0.3, 0.4) is 0 Å². The molecular weight excluding hydrogens is 280 g/mol. The number of aryl methyl sites for hydroxylation is 1. The molecule has 0 spiro atoms. The van der Waals surface area contributed by atoms with Gasteiger partial charge in [-0.1, -0.05) is 0 Å². The molecule has 7 heteroatoms. The van der Waals surface area contributed by atoms with E-state index >= 15 is 0 Å². The summed E-state index contributed by atoms with van der Waals surface area (Å²) in [5.74, 6) is 0.833. The van der Waals surface area contributed by atoms with Crippen LogP contribution in [0, 0.1) is 0 Å². The zero-order chi connectivity index (χ0) is 15.8. The zero-order valence-corrected chi connectivity index (χ0v) is 13.9. The van der Waals surface area contributed by atoms with Gasteiger partial charge < -0.3 is 15.4 Å². The van der Waals surface area contributed by atoms with Crippen molar-refractivity contribution in [2.75, 3.05) is 40.4 Å². The lowest BCUT2D eigenvalue weighted by Crippen LogP contribution is -2.45.